The molecule has 0 atom stereocenters. The van der Waals surface area contributed by atoms with E-state index in [1.54, 1.807) is 25.1 Å². The highest BCUT2D eigenvalue weighted by atomic mass is 16.5. The number of imide groups is 1. The van der Waals surface area contributed by atoms with E-state index in [0.717, 1.165) is 0 Å². The molecule has 0 saturated carbocycles. The van der Waals surface area contributed by atoms with Crippen LogP contribution in [0.2, 0.25) is 0 Å². The molecule has 1 rings (SSSR count). The molecule has 20 heavy (non-hydrogen) atoms. The van der Waals surface area contributed by atoms with Gasteiger partial charge in [-0.15, -0.1) is 0 Å². The third-order valence-corrected chi connectivity index (χ3v) is 2.25. The lowest BCUT2D eigenvalue weighted by Crippen LogP contribution is -2.41. The van der Waals surface area contributed by atoms with Crippen molar-refractivity contribution in [2.75, 3.05) is 20.3 Å². The predicted molar refractivity (Wildman–Crippen MR) is 70.5 cm³/mol. The molecule has 108 valence electrons. The topological polar surface area (TPSA) is 93.7 Å². The smallest absolute Gasteiger partial charge is 0.342 e. The second kappa shape index (κ2) is 7.78. The Morgan fingerprint density at radius 3 is 2.55 bits per heavy atom. The third-order valence-electron chi connectivity index (χ3n) is 2.25. The summed E-state index contributed by atoms with van der Waals surface area (Å²) in [7, 11) is 1.42. The molecule has 0 aromatic heterocycles. The molecule has 0 aliphatic rings. The fourth-order valence-electron chi connectivity index (χ4n) is 1.39. The summed E-state index contributed by atoms with van der Waals surface area (Å²) in [6, 6.07) is 5.84. The number of ether oxygens (including phenoxy) is 2. The average molecular weight is 280 g/mol. The highest BCUT2D eigenvalue weighted by Gasteiger charge is 2.15. The maximum atomic E-state index is 11.8. The zero-order valence-corrected chi connectivity index (χ0v) is 11.3. The lowest BCUT2D eigenvalue weighted by molar-refractivity contribution is -0.123. The van der Waals surface area contributed by atoms with Crippen LogP contribution in [0.5, 0.6) is 5.75 Å². The number of rotatable bonds is 5. The summed E-state index contributed by atoms with van der Waals surface area (Å²) in [6.45, 7) is 1.56. The molecule has 0 saturated heterocycles. The van der Waals surface area contributed by atoms with Gasteiger partial charge in [-0.05, 0) is 19.1 Å². The molecule has 1 aromatic rings. The van der Waals surface area contributed by atoms with Crippen LogP contribution in [0.15, 0.2) is 24.3 Å². The Morgan fingerprint density at radius 2 is 1.90 bits per heavy atom. The maximum absolute atomic E-state index is 11.8. The number of methoxy groups -OCH3 is 1. The van der Waals surface area contributed by atoms with Crippen LogP contribution in [0, 0.1) is 0 Å². The highest BCUT2D eigenvalue weighted by Crippen LogP contribution is 2.17. The fraction of sp³-hybridized carbons (Fsp3) is 0.308. The van der Waals surface area contributed by atoms with Crippen LogP contribution in [0.3, 0.4) is 0 Å². The number of para-hydroxylation sites is 1. The number of hydrogen-bond donors (Lipinski definition) is 2. The van der Waals surface area contributed by atoms with E-state index in [4.69, 9.17) is 9.47 Å². The van der Waals surface area contributed by atoms with E-state index in [1.807, 2.05) is 5.32 Å². The number of esters is 1. The second-order valence-electron chi connectivity index (χ2n) is 3.68. The summed E-state index contributed by atoms with van der Waals surface area (Å²) in [4.78, 5) is 34.2. The van der Waals surface area contributed by atoms with Gasteiger partial charge in [0.15, 0.2) is 6.61 Å². The van der Waals surface area contributed by atoms with Gasteiger partial charge < -0.3 is 14.8 Å². The normalized spacial score (nSPS) is 9.50. The number of carbonyl (C=O) groups is 3. The van der Waals surface area contributed by atoms with Gasteiger partial charge in [-0.25, -0.2) is 9.59 Å². The van der Waals surface area contributed by atoms with E-state index >= 15 is 0 Å². The van der Waals surface area contributed by atoms with Crippen molar-refractivity contribution in [1.82, 2.24) is 10.6 Å². The van der Waals surface area contributed by atoms with Crippen molar-refractivity contribution in [3.05, 3.63) is 29.8 Å². The average Bonchev–Trinajstić information content (AvgIpc) is 2.44. The molecule has 0 radical (unpaired) electrons. The van der Waals surface area contributed by atoms with Gasteiger partial charge in [0.1, 0.15) is 11.3 Å². The Bertz CT molecular complexity index is 501. The van der Waals surface area contributed by atoms with Crippen LogP contribution in [0.25, 0.3) is 0 Å². The Hall–Kier alpha value is -2.57. The lowest BCUT2D eigenvalue weighted by Gasteiger charge is -2.08. The number of hydrogen-bond acceptors (Lipinski definition) is 5. The quantitative estimate of drug-likeness (QED) is 0.774. The van der Waals surface area contributed by atoms with Crippen molar-refractivity contribution < 1.29 is 23.9 Å². The van der Waals surface area contributed by atoms with E-state index in [2.05, 4.69) is 5.32 Å². The minimum absolute atomic E-state index is 0.209. The first-order valence-corrected chi connectivity index (χ1v) is 5.96. The molecule has 7 nitrogen and oxygen atoms in total. The van der Waals surface area contributed by atoms with Crippen molar-refractivity contribution in [3.63, 3.8) is 0 Å². The van der Waals surface area contributed by atoms with Crippen LogP contribution < -0.4 is 15.4 Å². The van der Waals surface area contributed by atoms with E-state index < -0.39 is 24.5 Å². The van der Waals surface area contributed by atoms with Crippen molar-refractivity contribution >= 4 is 17.9 Å². The zero-order valence-electron chi connectivity index (χ0n) is 11.3. The monoisotopic (exact) mass is 280 g/mol. The maximum Gasteiger partial charge on any atom is 0.342 e. The molecule has 0 heterocycles. The van der Waals surface area contributed by atoms with Crippen LogP contribution in [-0.4, -0.2) is 38.2 Å². The molecule has 0 aliphatic heterocycles. The van der Waals surface area contributed by atoms with Gasteiger partial charge in [-0.1, -0.05) is 12.1 Å². The number of amides is 3. The fourth-order valence-corrected chi connectivity index (χ4v) is 1.39. The van der Waals surface area contributed by atoms with Gasteiger partial charge >= 0.3 is 12.0 Å². The Kier molecular flexibility index (Phi) is 6.02. The molecule has 7 heteroatoms. The zero-order chi connectivity index (χ0) is 15.0. The highest BCUT2D eigenvalue weighted by molar-refractivity contribution is 5.97. The van der Waals surface area contributed by atoms with Crippen LogP contribution >= 0.6 is 0 Å². The first-order chi connectivity index (χ1) is 9.58. The first kappa shape index (κ1) is 15.5. The van der Waals surface area contributed by atoms with Gasteiger partial charge in [-0.2, -0.15) is 0 Å². The van der Waals surface area contributed by atoms with Gasteiger partial charge in [0, 0.05) is 6.54 Å². The third kappa shape index (κ3) is 4.60. The number of urea groups is 1. The molecule has 0 aliphatic carbocycles. The molecular formula is C13H16N2O5. The molecule has 1 aromatic carbocycles. The molecule has 3 amide bonds. The lowest BCUT2D eigenvalue weighted by atomic mass is 10.2. The summed E-state index contributed by atoms with van der Waals surface area (Å²) in [5, 5.41) is 4.40. The van der Waals surface area contributed by atoms with Crippen molar-refractivity contribution in [2.24, 2.45) is 0 Å². The number of nitrogens with one attached hydrogen (secondary N) is 2. The predicted octanol–water partition coefficient (Wildman–Crippen LogP) is 0.698. The molecule has 0 fully saturated rings. The Labute approximate surface area is 116 Å². The first-order valence-electron chi connectivity index (χ1n) is 5.96. The largest absolute Gasteiger partial charge is 0.496 e. The summed E-state index contributed by atoms with van der Waals surface area (Å²) in [6.07, 6.45) is 0. The summed E-state index contributed by atoms with van der Waals surface area (Å²) in [5.41, 5.74) is 0.209. The summed E-state index contributed by atoms with van der Waals surface area (Å²) in [5.74, 6) is -1.06. The number of benzene rings is 1. The molecule has 0 spiro atoms. The number of carbonyl (C=O) groups excluding carboxylic acids is 3. The SMILES string of the molecule is CCNC(=O)NC(=O)COC(=O)c1ccccc1OC. The van der Waals surface area contributed by atoms with Gasteiger partial charge in [-0.3, -0.25) is 10.1 Å². The van der Waals surface area contributed by atoms with Crippen LogP contribution in [-0.2, 0) is 9.53 Å². The minimum atomic E-state index is -0.709. The van der Waals surface area contributed by atoms with Crippen LogP contribution in [0.1, 0.15) is 17.3 Å². The van der Waals surface area contributed by atoms with E-state index in [0.29, 0.717) is 12.3 Å². The van der Waals surface area contributed by atoms with Crippen molar-refractivity contribution in [1.29, 1.82) is 0 Å². The van der Waals surface area contributed by atoms with Gasteiger partial charge in [0.25, 0.3) is 5.91 Å². The molecule has 0 unspecified atom stereocenters. The second-order valence-corrected chi connectivity index (χ2v) is 3.68. The van der Waals surface area contributed by atoms with Crippen LogP contribution in [0.4, 0.5) is 4.79 Å². The van der Waals surface area contributed by atoms with Crippen molar-refractivity contribution in [3.8, 4) is 5.75 Å². The summed E-state index contributed by atoms with van der Waals surface area (Å²) < 4.78 is 9.80. The molecule has 2 N–H and O–H groups in total. The Morgan fingerprint density at radius 1 is 1.20 bits per heavy atom. The van der Waals surface area contributed by atoms with E-state index in [9.17, 15) is 14.4 Å². The van der Waals surface area contributed by atoms with Gasteiger partial charge in [0.05, 0.1) is 7.11 Å². The standard InChI is InChI=1S/C13H16N2O5/c1-3-14-13(18)15-11(16)8-20-12(17)9-6-4-5-7-10(9)19-2/h4-7H,3,8H2,1-2H3,(H2,14,15,16,18). The van der Waals surface area contributed by atoms with Gasteiger partial charge in [0.2, 0.25) is 0 Å². The molecular weight excluding hydrogens is 264 g/mol. The van der Waals surface area contributed by atoms with E-state index in [-0.39, 0.29) is 5.56 Å². The summed E-state index contributed by atoms with van der Waals surface area (Å²) >= 11 is 0. The van der Waals surface area contributed by atoms with Crippen molar-refractivity contribution in [2.45, 2.75) is 6.92 Å². The minimum Gasteiger partial charge on any atom is -0.496 e. The Balaban J connectivity index is 2.51. The molecule has 0 bridgehead atoms. The van der Waals surface area contributed by atoms with E-state index in [1.165, 1.54) is 13.2 Å².